The minimum absolute atomic E-state index is 0.0192. The molecule has 0 radical (unpaired) electrons. The Labute approximate surface area is 107 Å². The van der Waals surface area contributed by atoms with Crippen molar-refractivity contribution in [2.75, 3.05) is 0 Å². The zero-order chi connectivity index (χ0) is 12.3. The molecular weight excluding hydrogens is 286 g/mol. The van der Waals surface area contributed by atoms with Gasteiger partial charge in [-0.1, -0.05) is 76.6 Å². The Balaban J connectivity index is 2.33. The van der Waals surface area contributed by atoms with Gasteiger partial charge in [0.15, 0.2) is 0 Å². The van der Waals surface area contributed by atoms with Crippen LogP contribution in [0.5, 0.6) is 0 Å². The zero-order valence-electron chi connectivity index (χ0n) is 8.98. The molecule has 1 unspecified atom stereocenters. The van der Waals surface area contributed by atoms with Crippen molar-refractivity contribution in [3.05, 3.63) is 71.8 Å². The van der Waals surface area contributed by atoms with E-state index in [1.807, 2.05) is 6.07 Å². The summed E-state index contributed by atoms with van der Waals surface area (Å²) >= 11 is 3.09. The third kappa shape index (κ3) is 2.55. The number of benzene rings is 2. The molecule has 2 aromatic carbocycles. The summed E-state index contributed by atoms with van der Waals surface area (Å²) in [6.45, 7) is 0. The van der Waals surface area contributed by atoms with E-state index in [-0.39, 0.29) is 5.56 Å². The Morgan fingerprint density at radius 3 is 1.82 bits per heavy atom. The van der Waals surface area contributed by atoms with Gasteiger partial charge in [-0.2, -0.15) is 8.78 Å². The highest BCUT2D eigenvalue weighted by Gasteiger charge is 2.40. The van der Waals surface area contributed by atoms with Crippen molar-refractivity contribution in [2.45, 2.75) is 10.7 Å². The number of hydrogen-bond donors (Lipinski definition) is 0. The average molecular weight is 297 g/mol. The summed E-state index contributed by atoms with van der Waals surface area (Å²) in [6.07, 6.45) is 0. The van der Waals surface area contributed by atoms with E-state index in [0.29, 0.717) is 5.56 Å². The molecule has 0 saturated carbocycles. The van der Waals surface area contributed by atoms with Crippen molar-refractivity contribution in [1.29, 1.82) is 0 Å². The van der Waals surface area contributed by atoms with Crippen LogP contribution in [0.4, 0.5) is 8.78 Å². The number of halogens is 3. The second kappa shape index (κ2) is 4.96. The van der Waals surface area contributed by atoms with E-state index in [9.17, 15) is 8.78 Å². The highest BCUT2D eigenvalue weighted by molar-refractivity contribution is 9.09. The molecule has 0 saturated heterocycles. The number of alkyl halides is 3. The van der Waals surface area contributed by atoms with Gasteiger partial charge in [0.05, 0.1) is 0 Å². The molecule has 1 atom stereocenters. The number of hydrogen-bond acceptors (Lipinski definition) is 0. The molecule has 0 heterocycles. The van der Waals surface area contributed by atoms with E-state index >= 15 is 0 Å². The van der Waals surface area contributed by atoms with E-state index in [0.717, 1.165) is 0 Å². The monoisotopic (exact) mass is 296 g/mol. The molecule has 0 aliphatic rings. The van der Waals surface area contributed by atoms with Crippen LogP contribution >= 0.6 is 15.9 Å². The fraction of sp³-hybridized carbons (Fsp3) is 0.143. The molecule has 2 aromatic rings. The van der Waals surface area contributed by atoms with Crippen LogP contribution in [0.1, 0.15) is 16.0 Å². The van der Waals surface area contributed by atoms with Crippen LogP contribution in [-0.2, 0) is 5.92 Å². The van der Waals surface area contributed by atoms with Gasteiger partial charge in [-0.25, -0.2) is 0 Å². The first-order valence-corrected chi connectivity index (χ1v) is 6.16. The van der Waals surface area contributed by atoms with Gasteiger partial charge in [0.25, 0.3) is 5.92 Å². The quantitative estimate of drug-likeness (QED) is 0.706. The maximum absolute atomic E-state index is 14.2. The molecule has 0 aromatic heterocycles. The molecule has 0 amide bonds. The van der Waals surface area contributed by atoms with Gasteiger partial charge < -0.3 is 0 Å². The fourth-order valence-electron chi connectivity index (χ4n) is 1.64. The Hall–Kier alpha value is -1.22. The van der Waals surface area contributed by atoms with Gasteiger partial charge in [0, 0.05) is 5.56 Å². The van der Waals surface area contributed by atoms with Crippen molar-refractivity contribution >= 4 is 15.9 Å². The molecule has 17 heavy (non-hydrogen) atoms. The Morgan fingerprint density at radius 1 is 0.824 bits per heavy atom. The Bertz CT molecular complexity index is 468. The molecule has 0 aliphatic heterocycles. The summed E-state index contributed by atoms with van der Waals surface area (Å²) in [6, 6.07) is 16.5. The number of rotatable bonds is 3. The van der Waals surface area contributed by atoms with Crippen molar-refractivity contribution in [3.63, 3.8) is 0 Å². The summed E-state index contributed by atoms with van der Waals surface area (Å²) < 4.78 is 28.4. The molecule has 0 fully saturated rings. The minimum atomic E-state index is -2.93. The second-order valence-corrected chi connectivity index (χ2v) is 4.68. The zero-order valence-corrected chi connectivity index (χ0v) is 10.6. The second-order valence-electron chi connectivity index (χ2n) is 3.76. The van der Waals surface area contributed by atoms with E-state index in [2.05, 4.69) is 15.9 Å². The smallest absolute Gasteiger partial charge is 0.200 e. The van der Waals surface area contributed by atoms with Gasteiger partial charge >= 0.3 is 0 Å². The standard InChI is InChI=1S/C14H11BrF2/c15-13(11-7-3-1-4-8-11)14(16,17)12-9-5-2-6-10-12/h1-10,13H. The van der Waals surface area contributed by atoms with Gasteiger partial charge in [0.2, 0.25) is 0 Å². The average Bonchev–Trinajstić information content (AvgIpc) is 2.40. The Morgan fingerprint density at radius 2 is 1.29 bits per heavy atom. The first kappa shape index (κ1) is 12.2. The Kier molecular flexibility index (Phi) is 3.57. The molecular formula is C14H11BrF2. The molecule has 0 spiro atoms. The summed E-state index contributed by atoms with van der Waals surface area (Å²) in [5.41, 5.74) is 0.590. The van der Waals surface area contributed by atoms with Crippen LogP contribution in [0.2, 0.25) is 0 Å². The third-order valence-corrected chi connectivity index (χ3v) is 3.67. The van der Waals surface area contributed by atoms with E-state index in [1.165, 1.54) is 12.1 Å². The predicted octanol–water partition coefficient (Wildman–Crippen LogP) is 4.91. The van der Waals surface area contributed by atoms with Crippen LogP contribution < -0.4 is 0 Å². The van der Waals surface area contributed by atoms with Gasteiger partial charge in [-0.05, 0) is 5.56 Å². The summed E-state index contributed by atoms with van der Waals surface area (Å²) in [5.74, 6) is -2.93. The van der Waals surface area contributed by atoms with Gasteiger partial charge in [-0.15, -0.1) is 0 Å². The SMILES string of the molecule is FC(F)(c1ccccc1)C(Br)c1ccccc1. The molecule has 3 heteroatoms. The molecule has 0 bridgehead atoms. The van der Waals surface area contributed by atoms with Crippen molar-refractivity contribution in [2.24, 2.45) is 0 Å². The predicted molar refractivity (Wildman–Crippen MR) is 68.4 cm³/mol. The lowest BCUT2D eigenvalue weighted by atomic mass is 10.0. The molecule has 2 rings (SSSR count). The van der Waals surface area contributed by atoms with Crippen LogP contribution in [0.25, 0.3) is 0 Å². The van der Waals surface area contributed by atoms with Crippen LogP contribution in [0, 0.1) is 0 Å². The first-order chi connectivity index (χ1) is 8.12. The normalized spacial score (nSPS) is 13.4. The van der Waals surface area contributed by atoms with E-state index in [4.69, 9.17) is 0 Å². The van der Waals surface area contributed by atoms with Gasteiger partial charge in [-0.3, -0.25) is 0 Å². The molecule has 88 valence electrons. The lowest BCUT2D eigenvalue weighted by molar-refractivity contribution is -0.00514. The van der Waals surface area contributed by atoms with E-state index in [1.54, 1.807) is 42.5 Å². The van der Waals surface area contributed by atoms with Crippen LogP contribution in [-0.4, -0.2) is 0 Å². The maximum atomic E-state index is 14.2. The lowest BCUT2D eigenvalue weighted by Gasteiger charge is -2.22. The largest absolute Gasteiger partial charge is 0.289 e. The van der Waals surface area contributed by atoms with Gasteiger partial charge in [0.1, 0.15) is 4.83 Å². The molecule has 0 N–H and O–H groups in total. The topological polar surface area (TPSA) is 0 Å². The fourth-order valence-corrected chi connectivity index (χ4v) is 2.21. The maximum Gasteiger partial charge on any atom is 0.289 e. The lowest BCUT2D eigenvalue weighted by Crippen LogP contribution is -2.19. The minimum Gasteiger partial charge on any atom is -0.200 e. The molecule has 0 nitrogen and oxygen atoms in total. The van der Waals surface area contributed by atoms with Crippen molar-refractivity contribution in [1.82, 2.24) is 0 Å². The summed E-state index contributed by atoms with van der Waals surface area (Å²) in [7, 11) is 0. The summed E-state index contributed by atoms with van der Waals surface area (Å²) in [4.78, 5) is -1.02. The van der Waals surface area contributed by atoms with E-state index < -0.39 is 10.7 Å². The third-order valence-electron chi connectivity index (χ3n) is 2.57. The highest BCUT2D eigenvalue weighted by Crippen LogP contribution is 2.45. The van der Waals surface area contributed by atoms with Crippen LogP contribution in [0.3, 0.4) is 0 Å². The molecule has 0 aliphatic carbocycles. The van der Waals surface area contributed by atoms with Crippen molar-refractivity contribution < 1.29 is 8.78 Å². The van der Waals surface area contributed by atoms with Crippen LogP contribution in [0.15, 0.2) is 60.7 Å². The van der Waals surface area contributed by atoms with Crippen molar-refractivity contribution in [3.8, 4) is 0 Å². The highest BCUT2D eigenvalue weighted by atomic mass is 79.9. The first-order valence-electron chi connectivity index (χ1n) is 5.24. The summed E-state index contributed by atoms with van der Waals surface area (Å²) in [5, 5.41) is 0.